The molecule has 1 aromatic rings. The van der Waals surface area contributed by atoms with Gasteiger partial charge < -0.3 is 5.32 Å². The molecule has 0 saturated heterocycles. The van der Waals surface area contributed by atoms with Crippen LogP contribution in [-0.4, -0.2) is 12.0 Å². The van der Waals surface area contributed by atoms with Gasteiger partial charge in [0.2, 0.25) is 0 Å². The van der Waals surface area contributed by atoms with Crippen LogP contribution in [-0.2, 0) is 0 Å². The van der Waals surface area contributed by atoms with Gasteiger partial charge in [-0.15, -0.1) is 12.3 Å². The number of pyridine rings is 1. The van der Waals surface area contributed by atoms with Gasteiger partial charge in [0, 0.05) is 24.9 Å². The zero-order valence-electron chi connectivity index (χ0n) is 7.12. The van der Waals surface area contributed by atoms with Crippen LogP contribution in [0.5, 0.6) is 0 Å². The minimum Gasteiger partial charge on any atom is -0.312 e. The fourth-order valence-corrected chi connectivity index (χ4v) is 1.10. The summed E-state index contributed by atoms with van der Waals surface area (Å²) in [6.45, 7) is 0. The van der Waals surface area contributed by atoms with Crippen LogP contribution in [0.25, 0.3) is 0 Å². The van der Waals surface area contributed by atoms with Crippen molar-refractivity contribution in [2.75, 3.05) is 7.05 Å². The number of nitrogens with one attached hydrogen (secondary N) is 1. The van der Waals surface area contributed by atoms with Crippen LogP contribution in [0.3, 0.4) is 0 Å². The van der Waals surface area contributed by atoms with Crippen molar-refractivity contribution < 1.29 is 0 Å². The SMILES string of the molecule is C#CCC(NC)c1ccncc1. The Kier molecular flexibility index (Phi) is 3.31. The van der Waals surface area contributed by atoms with E-state index in [1.165, 1.54) is 5.56 Å². The molecule has 0 saturated carbocycles. The summed E-state index contributed by atoms with van der Waals surface area (Å²) in [5.74, 6) is 2.63. The second-order valence-electron chi connectivity index (χ2n) is 2.53. The van der Waals surface area contributed by atoms with Crippen LogP contribution in [0.4, 0.5) is 0 Å². The summed E-state index contributed by atoms with van der Waals surface area (Å²) in [7, 11) is 1.91. The quantitative estimate of drug-likeness (QED) is 0.675. The van der Waals surface area contributed by atoms with E-state index in [0.717, 1.165) is 0 Å². The van der Waals surface area contributed by atoms with Crippen molar-refractivity contribution >= 4 is 0 Å². The van der Waals surface area contributed by atoms with Gasteiger partial charge in [-0.05, 0) is 24.7 Å². The third-order valence-electron chi connectivity index (χ3n) is 1.78. The van der Waals surface area contributed by atoms with Crippen molar-refractivity contribution in [2.45, 2.75) is 12.5 Å². The lowest BCUT2D eigenvalue weighted by Gasteiger charge is -2.12. The molecule has 0 aliphatic rings. The van der Waals surface area contributed by atoms with Gasteiger partial charge in [-0.1, -0.05) is 0 Å². The normalized spacial score (nSPS) is 12.0. The molecule has 1 rings (SSSR count). The molecule has 0 aromatic carbocycles. The lowest BCUT2D eigenvalue weighted by Crippen LogP contribution is -2.15. The maximum atomic E-state index is 5.24. The van der Waals surface area contributed by atoms with E-state index in [4.69, 9.17) is 6.42 Å². The van der Waals surface area contributed by atoms with Gasteiger partial charge in [0.1, 0.15) is 0 Å². The van der Waals surface area contributed by atoms with Crippen molar-refractivity contribution in [3.8, 4) is 12.3 Å². The molecule has 2 heteroatoms. The van der Waals surface area contributed by atoms with E-state index in [2.05, 4.69) is 16.2 Å². The summed E-state index contributed by atoms with van der Waals surface area (Å²) in [6.07, 6.45) is 9.49. The number of aromatic nitrogens is 1. The van der Waals surface area contributed by atoms with E-state index in [0.29, 0.717) is 6.42 Å². The summed E-state index contributed by atoms with van der Waals surface area (Å²) >= 11 is 0. The molecule has 0 spiro atoms. The maximum absolute atomic E-state index is 5.24. The molecule has 1 aromatic heterocycles. The average Bonchev–Trinajstić information content (AvgIpc) is 2.15. The fourth-order valence-electron chi connectivity index (χ4n) is 1.10. The molecular weight excluding hydrogens is 148 g/mol. The first kappa shape index (κ1) is 8.76. The minimum absolute atomic E-state index is 0.248. The molecule has 0 bridgehead atoms. The summed E-state index contributed by atoms with van der Waals surface area (Å²) in [5.41, 5.74) is 1.19. The molecule has 0 amide bonds. The topological polar surface area (TPSA) is 24.9 Å². The Labute approximate surface area is 73.0 Å². The van der Waals surface area contributed by atoms with Crippen LogP contribution in [0.1, 0.15) is 18.0 Å². The lowest BCUT2D eigenvalue weighted by atomic mass is 10.1. The standard InChI is InChI=1S/C10H12N2/c1-3-4-10(11-2)9-5-7-12-8-6-9/h1,5-8,10-11H,4H2,2H3. The highest BCUT2D eigenvalue weighted by Gasteiger charge is 2.05. The highest BCUT2D eigenvalue weighted by atomic mass is 14.9. The minimum atomic E-state index is 0.248. The summed E-state index contributed by atoms with van der Waals surface area (Å²) in [5, 5.41) is 3.15. The van der Waals surface area contributed by atoms with Crippen molar-refractivity contribution in [2.24, 2.45) is 0 Å². The number of nitrogens with zero attached hydrogens (tertiary/aromatic N) is 1. The van der Waals surface area contributed by atoms with E-state index in [1.807, 2.05) is 19.2 Å². The molecular formula is C10H12N2. The molecule has 1 atom stereocenters. The highest BCUT2D eigenvalue weighted by molar-refractivity contribution is 5.16. The van der Waals surface area contributed by atoms with Gasteiger partial charge >= 0.3 is 0 Å². The smallest absolute Gasteiger partial charge is 0.0429 e. The van der Waals surface area contributed by atoms with Crippen LogP contribution < -0.4 is 5.32 Å². The Morgan fingerprint density at radius 2 is 2.25 bits per heavy atom. The molecule has 12 heavy (non-hydrogen) atoms. The van der Waals surface area contributed by atoms with Crippen LogP contribution >= 0.6 is 0 Å². The number of hydrogen-bond donors (Lipinski definition) is 1. The number of terminal acetylenes is 1. The first-order valence-corrected chi connectivity index (χ1v) is 3.89. The van der Waals surface area contributed by atoms with E-state index in [1.54, 1.807) is 12.4 Å². The van der Waals surface area contributed by atoms with Gasteiger partial charge in [-0.3, -0.25) is 4.98 Å². The summed E-state index contributed by atoms with van der Waals surface area (Å²) < 4.78 is 0. The van der Waals surface area contributed by atoms with Crippen LogP contribution in [0, 0.1) is 12.3 Å². The third kappa shape index (κ3) is 2.08. The summed E-state index contributed by atoms with van der Waals surface area (Å²) in [4.78, 5) is 3.94. The summed E-state index contributed by atoms with van der Waals surface area (Å²) in [6, 6.07) is 4.19. The molecule has 0 radical (unpaired) electrons. The Balaban J connectivity index is 2.75. The van der Waals surface area contributed by atoms with Gasteiger partial charge in [0.05, 0.1) is 0 Å². The maximum Gasteiger partial charge on any atom is 0.0429 e. The molecule has 1 N–H and O–H groups in total. The van der Waals surface area contributed by atoms with E-state index in [9.17, 15) is 0 Å². The predicted molar refractivity (Wildman–Crippen MR) is 49.5 cm³/mol. The van der Waals surface area contributed by atoms with E-state index in [-0.39, 0.29) is 6.04 Å². The fraction of sp³-hybridized carbons (Fsp3) is 0.300. The molecule has 62 valence electrons. The molecule has 1 unspecified atom stereocenters. The Hall–Kier alpha value is -1.33. The first-order valence-electron chi connectivity index (χ1n) is 3.89. The van der Waals surface area contributed by atoms with Gasteiger partial charge in [-0.25, -0.2) is 0 Å². The third-order valence-corrected chi connectivity index (χ3v) is 1.78. The molecule has 0 aliphatic heterocycles. The van der Waals surface area contributed by atoms with Crippen molar-refractivity contribution in [3.63, 3.8) is 0 Å². The Morgan fingerprint density at radius 1 is 1.58 bits per heavy atom. The second-order valence-corrected chi connectivity index (χ2v) is 2.53. The molecule has 2 nitrogen and oxygen atoms in total. The number of hydrogen-bond acceptors (Lipinski definition) is 2. The molecule has 0 fully saturated rings. The Morgan fingerprint density at radius 3 is 2.75 bits per heavy atom. The van der Waals surface area contributed by atoms with Crippen molar-refractivity contribution in [1.29, 1.82) is 0 Å². The average molecular weight is 160 g/mol. The number of rotatable bonds is 3. The predicted octanol–water partition coefficient (Wildman–Crippen LogP) is 1.37. The van der Waals surface area contributed by atoms with E-state index >= 15 is 0 Å². The zero-order chi connectivity index (χ0) is 8.81. The van der Waals surface area contributed by atoms with Crippen molar-refractivity contribution in [3.05, 3.63) is 30.1 Å². The first-order chi connectivity index (χ1) is 5.88. The van der Waals surface area contributed by atoms with Crippen LogP contribution in [0.2, 0.25) is 0 Å². The largest absolute Gasteiger partial charge is 0.312 e. The monoisotopic (exact) mass is 160 g/mol. The Bertz CT molecular complexity index is 261. The highest BCUT2D eigenvalue weighted by Crippen LogP contribution is 2.13. The van der Waals surface area contributed by atoms with Crippen molar-refractivity contribution in [1.82, 2.24) is 10.3 Å². The molecule has 0 aliphatic carbocycles. The zero-order valence-corrected chi connectivity index (χ0v) is 7.12. The lowest BCUT2D eigenvalue weighted by molar-refractivity contribution is 0.611. The molecule has 1 heterocycles. The second kappa shape index (κ2) is 4.53. The van der Waals surface area contributed by atoms with E-state index < -0.39 is 0 Å². The van der Waals surface area contributed by atoms with Gasteiger partial charge in [0.25, 0.3) is 0 Å². The van der Waals surface area contributed by atoms with Gasteiger partial charge in [0.15, 0.2) is 0 Å². The van der Waals surface area contributed by atoms with Gasteiger partial charge in [-0.2, -0.15) is 0 Å². The van der Waals surface area contributed by atoms with Crippen LogP contribution in [0.15, 0.2) is 24.5 Å².